The van der Waals surface area contributed by atoms with E-state index in [4.69, 9.17) is 0 Å². The van der Waals surface area contributed by atoms with E-state index in [1.807, 2.05) is 24.3 Å². The standard InChI is InChI=1S/C17H18N2O/c1-19-16-7-3-2-6-15(16)18-17(19)8-4-5-13-9-11-14(20)12-10-13/h2-3,6-7,9-12,20H,4-5,8H2,1H3. The first kappa shape index (κ1) is 12.7. The third-order valence-electron chi connectivity index (χ3n) is 3.68. The van der Waals surface area contributed by atoms with E-state index in [9.17, 15) is 5.11 Å². The number of phenols is 1. The topological polar surface area (TPSA) is 38.0 Å². The average Bonchev–Trinajstić information content (AvgIpc) is 2.78. The van der Waals surface area contributed by atoms with Crippen LogP contribution in [-0.4, -0.2) is 14.7 Å². The van der Waals surface area contributed by atoms with Gasteiger partial charge in [0.2, 0.25) is 0 Å². The second kappa shape index (κ2) is 5.37. The van der Waals surface area contributed by atoms with Crippen molar-refractivity contribution in [1.82, 2.24) is 9.55 Å². The summed E-state index contributed by atoms with van der Waals surface area (Å²) < 4.78 is 2.17. The number of aryl methyl sites for hydroxylation is 3. The van der Waals surface area contributed by atoms with Crippen molar-refractivity contribution in [2.75, 3.05) is 0 Å². The number of phenolic OH excluding ortho intramolecular Hbond substituents is 1. The molecule has 3 heteroatoms. The number of para-hydroxylation sites is 2. The van der Waals surface area contributed by atoms with Gasteiger partial charge in [0.1, 0.15) is 11.6 Å². The second-order valence-electron chi connectivity index (χ2n) is 5.10. The van der Waals surface area contributed by atoms with E-state index in [0.29, 0.717) is 5.75 Å². The molecule has 1 aromatic heterocycles. The van der Waals surface area contributed by atoms with Crippen molar-refractivity contribution in [3.05, 3.63) is 59.9 Å². The minimum Gasteiger partial charge on any atom is -0.508 e. The fourth-order valence-corrected chi connectivity index (χ4v) is 2.53. The number of benzene rings is 2. The number of hydrogen-bond acceptors (Lipinski definition) is 2. The maximum Gasteiger partial charge on any atom is 0.115 e. The van der Waals surface area contributed by atoms with Crippen molar-refractivity contribution in [2.24, 2.45) is 7.05 Å². The van der Waals surface area contributed by atoms with Crippen LogP contribution in [0, 0.1) is 0 Å². The highest BCUT2D eigenvalue weighted by molar-refractivity contribution is 5.75. The van der Waals surface area contributed by atoms with Crippen LogP contribution in [0.3, 0.4) is 0 Å². The maximum absolute atomic E-state index is 9.26. The van der Waals surface area contributed by atoms with Crippen molar-refractivity contribution in [1.29, 1.82) is 0 Å². The zero-order valence-electron chi connectivity index (χ0n) is 11.6. The van der Waals surface area contributed by atoms with Gasteiger partial charge in [-0.05, 0) is 42.7 Å². The van der Waals surface area contributed by atoms with E-state index in [1.54, 1.807) is 12.1 Å². The summed E-state index contributed by atoms with van der Waals surface area (Å²) >= 11 is 0. The lowest BCUT2D eigenvalue weighted by Gasteiger charge is -2.03. The molecule has 0 aliphatic carbocycles. The molecule has 0 saturated carbocycles. The Hall–Kier alpha value is -2.29. The first-order valence-electron chi connectivity index (χ1n) is 6.92. The van der Waals surface area contributed by atoms with Crippen molar-refractivity contribution in [3.63, 3.8) is 0 Å². The number of hydrogen-bond donors (Lipinski definition) is 1. The molecule has 3 rings (SSSR count). The van der Waals surface area contributed by atoms with Crippen LogP contribution in [0.2, 0.25) is 0 Å². The SMILES string of the molecule is Cn1c(CCCc2ccc(O)cc2)nc2ccccc21. The third kappa shape index (κ3) is 2.52. The summed E-state index contributed by atoms with van der Waals surface area (Å²) in [5, 5.41) is 9.26. The summed E-state index contributed by atoms with van der Waals surface area (Å²) in [5.41, 5.74) is 3.50. The predicted octanol–water partition coefficient (Wildman–Crippen LogP) is 3.45. The third-order valence-corrected chi connectivity index (χ3v) is 3.68. The van der Waals surface area contributed by atoms with E-state index >= 15 is 0 Å². The van der Waals surface area contributed by atoms with Crippen LogP contribution >= 0.6 is 0 Å². The van der Waals surface area contributed by atoms with Crippen molar-refractivity contribution >= 4 is 11.0 Å². The van der Waals surface area contributed by atoms with Crippen LogP contribution in [-0.2, 0) is 19.9 Å². The van der Waals surface area contributed by atoms with Gasteiger partial charge < -0.3 is 9.67 Å². The Morgan fingerprint density at radius 1 is 1.00 bits per heavy atom. The molecule has 0 aliphatic heterocycles. The van der Waals surface area contributed by atoms with Gasteiger partial charge in [-0.25, -0.2) is 4.98 Å². The molecule has 0 radical (unpaired) electrons. The smallest absolute Gasteiger partial charge is 0.115 e. The number of imidazole rings is 1. The van der Waals surface area contributed by atoms with Gasteiger partial charge in [-0.3, -0.25) is 0 Å². The van der Waals surface area contributed by atoms with E-state index in [1.165, 1.54) is 11.1 Å². The summed E-state index contributed by atoms with van der Waals surface area (Å²) in [6.45, 7) is 0. The highest BCUT2D eigenvalue weighted by atomic mass is 16.3. The summed E-state index contributed by atoms with van der Waals surface area (Å²) in [6.07, 6.45) is 3.03. The molecule has 0 bridgehead atoms. The van der Waals surface area contributed by atoms with E-state index in [2.05, 4.69) is 28.7 Å². The van der Waals surface area contributed by atoms with Gasteiger partial charge in [0.05, 0.1) is 11.0 Å². The Labute approximate surface area is 118 Å². The zero-order chi connectivity index (χ0) is 13.9. The Balaban J connectivity index is 1.68. The molecule has 0 atom stereocenters. The number of rotatable bonds is 4. The van der Waals surface area contributed by atoms with E-state index in [0.717, 1.165) is 30.6 Å². The molecule has 3 aromatic rings. The van der Waals surface area contributed by atoms with Gasteiger partial charge in [0, 0.05) is 13.5 Å². The van der Waals surface area contributed by atoms with Crippen LogP contribution in [0.4, 0.5) is 0 Å². The minimum atomic E-state index is 0.323. The van der Waals surface area contributed by atoms with E-state index in [-0.39, 0.29) is 0 Å². The van der Waals surface area contributed by atoms with Gasteiger partial charge >= 0.3 is 0 Å². The van der Waals surface area contributed by atoms with Gasteiger partial charge in [0.25, 0.3) is 0 Å². The Morgan fingerprint density at radius 3 is 2.50 bits per heavy atom. The normalized spacial score (nSPS) is 11.1. The minimum absolute atomic E-state index is 0.323. The van der Waals surface area contributed by atoms with Crippen molar-refractivity contribution in [3.8, 4) is 5.75 Å². The predicted molar refractivity (Wildman–Crippen MR) is 80.8 cm³/mol. The van der Waals surface area contributed by atoms with Gasteiger partial charge in [-0.1, -0.05) is 24.3 Å². The molecular formula is C17H18N2O. The molecule has 1 heterocycles. The first-order chi connectivity index (χ1) is 9.74. The van der Waals surface area contributed by atoms with E-state index < -0.39 is 0 Å². The quantitative estimate of drug-likeness (QED) is 0.785. The molecule has 102 valence electrons. The number of aromatic hydroxyl groups is 1. The van der Waals surface area contributed by atoms with Crippen LogP contribution in [0.15, 0.2) is 48.5 Å². The maximum atomic E-state index is 9.26. The summed E-state index contributed by atoms with van der Waals surface area (Å²) in [6, 6.07) is 15.7. The van der Waals surface area contributed by atoms with Crippen LogP contribution in [0.1, 0.15) is 17.8 Å². The Kier molecular flexibility index (Phi) is 3.42. The molecule has 0 saturated heterocycles. The molecule has 1 N–H and O–H groups in total. The van der Waals surface area contributed by atoms with Crippen LogP contribution in [0.5, 0.6) is 5.75 Å². The molecule has 0 spiro atoms. The summed E-state index contributed by atoms with van der Waals surface area (Å²) in [4.78, 5) is 4.68. The highest BCUT2D eigenvalue weighted by Crippen LogP contribution is 2.16. The molecule has 0 amide bonds. The first-order valence-corrected chi connectivity index (χ1v) is 6.92. The van der Waals surface area contributed by atoms with Crippen LogP contribution in [0.25, 0.3) is 11.0 Å². The van der Waals surface area contributed by atoms with Gasteiger partial charge in [-0.15, -0.1) is 0 Å². The largest absolute Gasteiger partial charge is 0.508 e. The lowest BCUT2D eigenvalue weighted by molar-refractivity contribution is 0.475. The Morgan fingerprint density at radius 2 is 1.75 bits per heavy atom. The Bertz CT molecular complexity index is 713. The molecule has 0 unspecified atom stereocenters. The van der Waals surface area contributed by atoms with Gasteiger partial charge in [0.15, 0.2) is 0 Å². The molecule has 3 nitrogen and oxygen atoms in total. The molecule has 0 fully saturated rings. The fourth-order valence-electron chi connectivity index (χ4n) is 2.53. The van der Waals surface area contributed by atoms with Crippen LogP contribution < -0.4 is 0 Å². The molecular weight excluding hydrogens is 248 g/mol. The zero-order valence-corrected chi connectivity index (χ0v) is 11.6. The summed E-state index contributed by atoms with van der Waals surface area (Å²) in [5.74, 6) is 1.45. The van der Waals surface area contributed by atoms with Crippen molar-refractivity contribution < 1.29 is 5.11 Å². The number of aromatic nitrogens is 2. The molecule has 20 heavy (non-hydrogen) atoms. The lowest BCUT2D eigenvalue weighted by atomic mass is 10.1. The monoisotopic (exact) mass is 266 g/mol. The fraction of sp³-hybridized carbons (Fsp3) is 0.235. The average molecular weight is 266 g/mol. The summed E-state index contributed by atoms with van der Waals surface area (Å²) in [7, 11) is 2.07. The number of fused-ring (bicyclic) bond motifs is 1. The number of nitrogens with zero attached hydrogens (tertiary/aromatic N) is 2. The van der Waals surface area contributed by atoms with Gasteiger partial charge in [-0.2, -0.15) is 0 Å². The molecule has 0 aliphatic rings. The second-order valence-corrected chi connectivity index (χ2v) is 5.10. The molecule has 2 aromatic carbocycles. The van der Waals surface area contributed by atoms with Crippen molar-refractivity contribution in [2.45, 2.75) is 19.3 Å². The lowest BCUT2D eigenvalue weighted by Crippen LogP contribution is -1.99. The highest BCUT2D eigenvalue weighted by Gasteiger charge is 2.06.